The molecule has 0 radical (unpaired) electrons. The Labute approximate surface area is 149 Å². The van der Waals surface area contributed by atoms with E-state index in [9.17, 15) is 14.4 Å². The van der Waals surface area contributed by atoms with E-state index in [1.165, 1.54) is 0 Å². The first kappa shape index (κ1) is 21.2. The average Bonchev–Trinajstić information content (AvgIpc) is 2.57. The summed E-state index contributed by atoms with van der Waals surface area (Å²) in [5, 5.41) is 0. The Bertz CT molecular complexity index is 496. The van der Waals surface area contributed by atoms with E-state index in [4.69, 9.17) is 14.2 Å². The zero-order chi connectivity index (χ0) is 19.0. The molecular weight excluding hydrogens is 324 g/mol. The van der Waals surface area contributed by atoms with Gasteiger partial charge in [-0.3, -0.25) is 4.79 Å². The van der Waals surface area contributed by atoms with E-state index < -0.39 is 23.5 Å². The predicted octanol–water partition coefficient (Wildman–Crippen LogP) is 3.04. The molecule has 1 saturated carbocycles. The number of hydrogen-bond donors (Lipinski definition) is 0. The van der Waals surface area contributed by atoms with Crippen LogP contribution in [0.25, 0.3) is 0 Å². The Morgan fingerprint density at radius 1 is 1.12 bits per heavy atom. The summed E-state index contributed by atoms with van der Waals surface area (Å²) in [5.41, 5.74) is -1.44. The molecule has 1 rings (SSSR count). The monoisotopic (exact) mass is 354 g/mol. The number of esters is 3. The maximum atomic E-state index is 12.6. The fourth-order valence-electron chi connectivity index (χ4n) is 2.73. The van der Waals surface area contributed by atoms with Gasteiger partial charge in [0.05, 0.1) is 19.1 Å². The van der Waals surface area contributed by atoms with Gasteiger partial charge in [0.15, 0.2) is 0 Å². The molecule has 2 unspecified atom stereocenters. The number of ether oxygens (including phenoxy) is 3. The van der Waals surface area contributed by atoms with E-state index in [2.05, 4.69) is 6.58 Å². The highest BCUT2D eigenvalue weighted by Crippen LogP contribution is 2.37. The van der Waals surface area contributed by atoms with Crippen LogP contribution in [0, 0.1) is 17.8 Å². The predicted molar refractivity (Wildman–Crippen MR) is 92.6 cm³/mol. The van der Waals surface area contributed by atoms with Gasteiger partial charge in [-0.25, -0.2) is 9.59 Å². The first-order chi connectivity index (χ1) is 11.7. The van der Waals surface area contributed by atoms with E-state index in [0.29, 0.717) is 25.9 Å². The minimum absolute atomic E-state index is 0.0838. The Morgan fingerprint density at radius 2 is 1.72 bits per heavy atom. The molecule has 0 bridgehead atoms. The fourth-order valence-corrected chi connectivity index (χ4v) is 2.73. The lowest BCUT2D eigenvalue weighted by Crippen LogP contribution is -2.49. The van der Waals surface area contributed by atoms with Crippen molar-refractivity contribution in [1.82, 2.24) is 0 Å². The summed E-state index contributed by atoms with van der Waals surface area (Å²) >= 11 is 0. The van der Waals surface area contributed by atoms with E-state index in [1.807, 2.05) is 27.7 Å². The highest BCUT2D eigenvalue weighted by atomic mass is 16.6. The van der Waals surface area contributed by atoms with Gasteiger partial charge in [0.25, 0.3) is 0 Å². The number of rotatable bonds is 8. The van der Waals surface area contributed by atoms with Gasteiger partial charge >= 0.3 is 17.9 Å². The minimum Gasteiger partial charge on any atom is -0.465 e. The van der Waals surface area contributed by atoms with Gasteiger partial charge < -0.3 is 14.2 Å². The SMILES string of the molecule is C=CC(=O)OC1(C(=O)OCC(C)C)CCCC(C(=O)OCC(C)C)C1. The van der Waals surface area contributed by atoms with Crippen molar-refractivity contribution in [2.24, 2.45) is 17.8 Å². The highest BCUT2D eigenvalue weighted by Gasteiger charge is 2.49. The van der Waals surface area contributed by atoms with Gasteiger partial charge in [0, 0.05) is 12.5 Å². The summed E-state index contributed by atoms with van der Waals surface area (Å²) in [5.74, 6) is -1.75. The van der Waals surface area contributed by atoms with Crippen molar-refractivity contribution in [3.8, 4) is 0 Å². The van der Waals surface area contributed by atoms with Crippen molar-refractivity contribution in [3.63, 3.8) is 0 Å². The van der Waals surface area contributed by atoms with Crippen LogP contribution in [0.1, 0.15) is 53.4 Å². The molecule has 0 N–H and O–H groups in total. The Kier molecular flexibility index (Phi) is 8.13. The van der Waals surface area contributed by atoms with Crippen LogP contribution >= 0.6 is 0 Å². The van der Waals surface area contributed by atoms with Crippen molar-refractivity contribution in [3.05, 3.63) is 12.7 Å². The normalized spacial score (nSPS) is 23.2. The van der Waals surface area contributed by atoms with Crippen LogP contribution in [-0.4, -0.2) is 36.7 Å². The standard InChI is InChI=1S/C19H30O6/c1-6-16(20)25-19(18(22)24-12-14(4)5)9-7-8-15(10-19)17(21)23-11-13(2)3/h6,13-15H,1,7-12H2,2-5H3. The first-order valence-electron chi connectivity index (χ1n) is 8.89. The molecule has 0 spiro atoms. The van der Waals surface area contributed by atoms with Crippen molar-refractivity contribution < 1.29 is 28.6 Å². The van der Waals surface area contributed by atoms with Crippen molar-refractivity contribution >= 4 is 17.9 Å². The van der Waals surface area contributed by atoms with Gasteiger partial charge in [-0.2, -0.15) is 0 Å². The summed E-state index contributed by atoms with van der Waals surface area (Å²) < 4.78 is 16.0. The smallest absolute Gasteiger partial charge is 0.350 e. The largest absolute Gasteiger partial charge is 0.465 e. The molecule has 1 fully saturated rings. The quantitative estimate of drug-likeness (QED) is 0.379. The summed E-state index contributed by atoms with van der Waals surface area (Å²) in [6.45, 7) is 11.7. The van der Waals surface area contributed by atoms with Gasteiger partial charge in [-0.15, -0.1) is 0 Å². The second kappa shape index (κ2) is 9.59. The second-order valence-corrected chi connectivity index (χ2v) is 7.43. The third-order valence-corrected chi connectivity index (χ3v) is 3.98. The lowest BCUT2D eigenvalue weighted by Gasteiger charge is -2.37. The zero-order valence-corrected chi connectivity index (χ0v) is 15.7. The molecular formula is C19H30O6. The molecule has 0 aromatic carbocycles. The van der Waals surface area contributed by atoms with Crippen molar-refractivity contribution in [2.45, 2.75) is 59.0 Å². The van der Waals surface area contributed by atoms with Crippen molar-refractivity contribution in [1.29, 1.82) is 0 Å². The zero-order valence-electron chi connectivity index (χ0n) is 15.7. The maximum absolute atomic E-state index is 12.6. The maximum Gasteiger partial charge on any atom is 0.350 e. The molecule has 0 aromatic rings. The van der Waals surface area contributed by atoms with E-state index in [1.54, 1.807) is 0 Å². The van der Waals surface area contributed by atoms with E-state index in [0.717, 1.165) is 6.08 Å². The van der Waals surface area contributed by atoms with Crippen LogP contribution in [0.5, 0.6) is 0 Å². The minimum atomic E-state index is -1.44. The van der Waals surface area contributed by atoms with Crippen LogP contribution in [-0.2, 0) is 28.6 Å². The third-order valence-electron chi connectivity index (χ3n) is 3.98. The van der Waals surface area contributed by atoms with Crippen molar-refractivity contribution in [2.75, 3.05) is 13.2 Å². The van der Waals surface area contributed by atoms with Crippen LogP contribution in [0.3, 0.4) is 0 Å². The Morgan fingerprint density at radius 3 is 2.28 bits per heavy atom. The highest BCUT2D eigenvalue weighted by molar-refractivity contribution is 5.88. The molecule has 0 saturated heterocycles. The molecule has 142 valence electrons. The van der Waals surface area contributed by atoms with Gasteiger partial charge in [-0.1, -0.05) is 34.3 Å². The molecule has 1 aliphatic carbocycles. The van der Waals surface area contributed by atoms with Crippen LogP contribution < -0.4 is 0 Å². The lowest BCUT2D eigenvalue weighted by molar-refractivity contribution is -0.189. The summed E-state index contributed by atoms with van der Waals surface area (Å²) in [6, 6.07) is 0. The molecule has 25 heavy (non-hydrogen) atoms. The average molecular weight is 354 g/mol. The molecule has 0 amide bonds. The molecule has 1 aliphatic rings. The molecule has 2 atom stereocenters. The second-order valence-electron chi connectivity index (χ2n) is 7.43. The number of carbonyl (C=O) groups is 3. The third kappa shape index (κ3) is 6.52. The molecule has 0 aliphatic heterocycles. The summed E-state index contributed by atoms with van der Waals surface area (Å²) in [6.07, 6.45) is 2.60. The lowest BCUT2D eigenvalue weighted by atomic mass is 9.77. The van der Waals surface area contributed by atoms with Crippen LogP contribution in [0.2, 0.25) is 0 Å². The Balaban J connectivity index is 2.90. The fraction of sp³-hybridized carbons (Fsp3) is 0.737. The van der Waals surface area contributed by atoms with Gasteiger partial charge in [-0.05, 0) is 31.1 Å². The molecule has 0 heterocycles. The molecule has 0 aromatic heterocycles. The van der Waals surface area contributed by atoms with Gasteiger partial charge in [0.1, 0.15) is 0 Å². The Hall–Kier alpha value is -1.85. The van der Waals surface area contributed by atoms with Gasteiger partial charge in [0.2, 0.25) is 5.60 Å². The summed E-state index contributed by atoms with van der Waals surface area (Å²) in [4.78, 5) is 36.7. The topological polar surface area (TPSA) is 78.9 Å². The van der Waals surface area contributed by atoms with E-state index >= 15 is 0 Å². The summed E-state index contributed by atoms with van der Waals surface area (Å²) in [7, 11) is 0. The van der Waals surface area contributed by atoms with Crippen LogP contribution in [0.4, 0.5) is 0 Å². The molecule has 6 heteroatoms. The number of hydrogen-bond acceptors (Lipinski definition) is 6. The number of carbonyl (C=O) groups excluding carboxylic acids is 3. The first-order valence-corrected chi connectivity index (χ1v) is 8.89. The van der Waals surface area contributed by atoms with Crippen LogP contribution in [0.15, 0.2) is 12.7 Å². The molecule has 6 nitrogen and oxygen atoms in total. The van der Waals surface area contributed by atoms with E-state index in [-0.39, 0.29) is 30.8 Å².